The van der Waals surface area contributed by atoms with Gasteiger partial charge in [-0.2, -0.15) is 0 Å². The number of carbonyl (C=O) groups excluding carboxylic acids is 1. The summed E-state index contributed by atoms with van der Waals surface area (Å²) >= 11 is 0. The second-order valence-electron chi connectivity index (χ2n) is 6.18. The van der Waals surface area contributed by atoms with E-state index < -0.39 is 0 Å². The molecule has 0 saturated carbocycles. The Morgan fingerprint density at radius 3 is 3.00 bits per heavy atom. The molecule has 2 atom stereocenters. The van der Waals surface area contributed by atoms with Crippen molar-refractivity contribution >= 4 is 5.91 Å². The van der Waals surface area contributed by atoms with Crippen molar-refractivity contribution in [1.29, 1.82) is 0 Å². The van der Waals surface area contributed by atoms with Crippen molar-refractivity contribution in [2.75, 3.05) is 19.6 Å². The molecule has 1 amide bonds. The Balaban J connectivity index is 1.74. The molecule has 0 spiro atoms. The van der Waals surface area contributed by atoms with Crippen LogP contribution < -0.4 is 5.32 Å². The third kappa shape index (κ3) is 2.14. The highest BCUT2D eigenvalue weighted by Gasteiger charge is 2.51. The molecule has 0 radical (unpaired) electrons. The lowest BCUT2D eigenvalue weighted by molar-refractivity contribution is -0.134. The first kappa shape index (κ1) is 12.6. The molecule has 0 bridgehead atoms. The van der Waals surface area contributed by atoms with E-state index in [-0.39, 0.29) is 11.4 Å². The average molecular weight is 259 g/mol. The van der Waals surface area contributed by atoms with Crippen LogP contribution in [0.4, 0.5) is 0 Å². The second kappa shape index (κ2) is 4.60. The van der Waals surface area contributed by atoms with E-state index >= 15 is 0 Å². The molecule has 4 nitrogen and oxygen atoms in total. The van der Waals surface area contributed by atoms with Crippen molar-refractivity contribution in [3.8, 4) is 0 Å². The minimum Gasteiger partial charge on any atom is -0.337 e. The van der Waals surface area contributed by atoms with Gasteiger partial charge in [0.25, 0.3) is 0 Å². The van der Waals surface area contributed by atoms with Gasteiger partial charge in [-0.25, -0.2) is 0 Å². The van der Waals surface area contributed by atoms with Gasteiger partial charge in [-0.3, -0.25) is 9.78 Å². The molecule has 3 rings (SSSR count). The van der Waals surface area contributed by atoms with Crippen molar-refractivity contribution in [2.45, 2.75) is 25.8 Å². The van der Waals surface area contributed by atoms with E-state index in [9.17, 15) is 4.79 Å². The molecule has 2 aliphatic rings. The summed E-state index contributed by atoms with van der Waals surface area (Å²) in [6, 6.07) is 5.73. The Bertz CT molecular complexity index is 472. The summed E-state index contributed by atoms with van der Waals surface area (Å²) in [6.07, 6.45) is 2.16. The standard InChI is InChI=1S/C15H21N3O/c1-15(2)13-9-16-8-11(13)10-18(15)14(19)7-12-5-3-4-6-17-12/h3-6,11,13,16H,7-10H2,1-2H3. The van der Waals surface area contributed by atoms with Gasteiger partial charge in [0.15, 0.2) is 0 Å². The fourth-order valence-electron chi connectivity index (χ4n) is 3.60. The summed E-state index contributed by atoms with van der Waals surface area (Å²) in [5.41, 5.74) is 0.818. The lowest BCUT2D eigenvalue weighted by Crippen LogP contribution is -2.48. The van der Waals surface area contributed by atoms with Gasteiger partial charge in [0.05, 0.1) is 6.42 Å². The van der Waals surface area contributed by atoms with Gasteiger partial charge in [-0.05, 0) is 37.8 Å². The Morgan fingerprint density at radius 2 is 2.32 bits per heavy atom. The maximum absolute atomic E-state index is 12.5. The van der Waals surface area contributed by atoms with Gasteiger partial charge in [0, 0.05) is 37.1 Å². The van der Waals surface area contributed by atoms with E-state index in [2.05, 4.69) is 29.0 Å². The van der Waals surface area contributed by atoms with Crippen LogP contribution in [0, 0.1) is 11.8 Å². The molecule has 3 heterocycles. The first-order chi connectivity index (χ1) is 9.09. The summed E-state index contributed by atoms with van der Waals surface area (Å²) in [5, 5.41) is 3.44. The average Bonchev–Trinajstić information content (AvgIpc) is 2.93. The fraction of sp³-hybridized carbons (Fsp3) is 0.600. The molecular formula is C15H21N3O. The lowest BCUT2D eigenvalue weighted by atomic mass is 9.85. The Kier molecular flexibility index (Phi) is 3.05. The normalized spacial score (nSPS) is 28.4. The third-order valence-corrected chi connectivity index (χ3v) is 4.72. The highest BCUT2D eigenvalue weighted by Crippen LogP contribution is 2.40. The van der Waals surface area contributed by atoms with E-state index in [1.807, 2.05) is 18.2 Å². The minimum atomic E-state index is -0.0416. The van der Waals surface area contributed by atoms with Gasteiger partial charge >= 0.3 is 0 Å². The van der Waals surface area contributed by atoms with Gasteiger partial charge in [-0.15, -0.1) is 0 Å². The summed E-state index contributed by atoms with van der Waals surface area (Å²) in [6.45, 7) is 7.35. The molecule has 1 aromatic rings. The molecule has 2 aliphatic heterocycles. The first-order valence-electron chi connectivity index (χ1n) is 7.00. The zero-order valence-electron chi connectivity index (χ0n) is 11.6. The second-order valence-corrected chi connectivity index (χ2v) is 6.18. The highest BCUT2D eigenvalue weighted by atomic mass is 16.2. The lowest BCUT2D eigenvalue weighted by Gasteiger charge is -2.35. The summed E-state index contributed by atoms with van der Waals surface area (Å²) in [4.78, 5) is 18.8. The van der Waals surface area contributed by atoms with Crippen molar-refractivity contribution in [2.24, 2.45) is 11.8 Å². The predicted octanol–water partition coefficient (Wildman–Crippen LogP) is 1.08. The van der Waals surface area contributed by atoms with Crippen molar-refractivity contribution in [3.63, 3.8) is 0 Å². The van der Waals surface area contributed by atoms with Crippen LogP contribution in [-0.4, -0.2) is 41.0 Å². The zero-order valence-corrected chi connectivity index (χ0v) is 11.6. The van der Waals surface area contributed by atoms with Crippen LogP contribution in [-0.2, 0) is 11.2 Å². The summed E-state index contributed by atoms with van der Waals surface area (Å²) in [5.74, 6) is 1.40. The Hall–Kier alpha value is -1.42. The summed E-state index contributed by atoms with van der Waals surface area (Å²) in [7, 11) is 0. The molecule has 2 unspecified atom stereocenters. The number of nitrogens with zero attached hydrogens (tertiary/aromatic N) is 2. The molecule has 2 saturated heterocycles. The molecule has 0 aromatic carbocycles. The van der Waals surface area contributed by atoms with Crippen LogP contribution in [0.25, 0.3) is 0 Å². The van der Waals surface area contributed by atoms with Crippen molar-refractivity contribution in [1.82, 2.24) is 15.2 Å². The number of amides is 1. The molecule has 102 valence electrons. The minimum absolute atomic E-state index is 0.0416. The van der Waals surface area contributed by atoms with Crippen LogP contribution in [0.5, 0.6) is 0 Å². The quantitative estimate of drug-likeness (QED) is 0.864. The van der Waals surface area contributed by atoms with E-state index in [0.717, 1.165) is 25.3 Å². The molecular weight excluding hydrogens is 238 g/mol. The number of aromatic nitrogens is 1. The number of likely N-dealkylation sites (tertiary alicyclic amines) is 1. The molecule has 0 aliphatic carbocycles. The zero-order chi connectivity index (χ0) is 13.5. The van der Waals surface area contributed by atoms with Crippen LogP contribution in [0.15, 0.2) is 24.4 Å². The number of hydrogen-bond acceptors (Lipinski definition) is 3. The van der Waals surface area contributed by atoms with Crippen LogP contribution >= 0.6 is 0 Å². The van der Waals surface area contributed by atoms with Gasteiger partial charge in [-0.1, -0.05) is 6.07 Å². The molecule has 19 heavy (non-hydrogen) atoms. The smallest absolute Gasteiger partial charge is 0.229 e. The molecule has 4 heteroatoms. The number of fused-ring (bicyclic) bond motifs is 1. The maximum atomic E-state index is 12.5. The number of nitrogens with one attached hydrogen (secondary N) is 1. The number of carbonyl (C=O) groups is 1. The van der Waals surface area contributed by atoms with Crippen LogP contribution in [0.3, 0.4) is 0 Å². The SMILES string of the molecule is CC1(C)C2CNCC2CN1C(=O)Cc1ccccn1. The van der Waals surface area contributed by atoms with Crippen molar-refractivity contribution in [3.05, 3.63) is 30.1 Å². The van der Waals surface area contributed by atoms with Gasteiger partial charge in [0.1, 0.15) is 0 Å². The molecule has 1 N–H and O–H groups in total. The van der Waals surface area contributed by atoms with Gasteiger partial charge < -0.3 is 10.2 Å². The maximum Gasteiger partial charge on any atom is 0.229 e. The van der Waals surface area contributed by atoms with E-state index in [1.165, 1.54) is 0 Å². The Morgan fingerprint density at radius 1 is 1.47 bits per heavy atom. The number of pyridine rings is 1. The Labute approximate surface area is 114 Å². The monoisotopic (exact) mass is 259 g/mol. The van der Waals surface area contributed by atoms with Crippen molar-refractivity contribution < 1.29 is 4.79 Å². The number of hydrogen-bond donors (Lipinski definition) is 1. The van der Waals surface area contributed by atoms with E-state index in [1.54, 1.807) is 6.20 Å². The van der Waals surface area contributed by atoms with Gasteiger partial charge in [0.2, 0.25) is 5.91 Å². The summed E-state index contributed by atoms with van der Waals surface area (Å²) < 4.78 is 0. The van der Waals surface area contributed by atoms with E-state index in [4.69, 9.17) is 0 Å². The first-order valence-corrected chi connectivity index (χ1v) is 7.00. The highest BCUT2D eigenvalue weighted by molar-refractivity contribution is 5.79. The molecule has 1 aromatic heterocycles. The largest absolute Gasteiger partial charge is 0.337 e. The predicted molar refractivity (Wildman–Crippen MR) is 73.6 cm³/mol. The van der Waals surface area contributed by atoms with E-state index in [0.29, 0.717) is 18.3 Å². The third-order valence-electron chi connectivity index (χ3n) is 4.72. The topological polar surface area (TPSA) is 45.2 Å². The number of rotatable bonds is 2. The van der Waals surface area contributed by atoms with Crippen LogP contribution in [0.1, 0.15) is 19.5 Å². The fourth-order valence-corrected chi connectivity index (χ4v) is 3.60. The molecule has 2 fully saturated rings. The van der Waals surface area contributed by atoms with Crippen LogP contribution in [0.2, 0.25) is 0 Å².